The van der Waals surface area contributed by atoms with Gasteiger partial charge in [-0.15, -0.1) is 0 Å². The van der Waals surface area contributed by atoms with Crippen LogP contribution in [0.15, 0.2) is 53.0 Å². The lowest BCUT2D eigenvalue weighted by Crippen LogP contribution is -2.05. The van der Waals surface area contributed by atoms with Crippen LogP contribution in [0.4, 0.5) is 13.2 Å². The van der Waals surface area contributed by atoms with E-state index in [2.05, 4.69) is 15.9 Å². The molecule has 0 aliphatic carbocycles. The number of fused-ring (bicyclic) bond motifs is 1. The van der Waals surface area contributed by atoms with Gasteiger partial charge in [-0.2, -0.15) is 13.2 Å². The molecule has 0 aliphatic rings. The molecule has 0 fully saturated rings. The first-order valence-electron chi connectivity index (χ1n) is 6.29. The van der Waals surface area contributed by atoms with E-state index in [0.717, 1.165) is 22.7 Å². The molecule has 0 amide bonds. The molecular formula is C16H11BrF3N. The van der Waals surface area contributed by atoms with Gasteiger partial charge in [-0.3, -0.25) is 0 Å². The molecular weight excluding hydrogens is 343 g/mol. The lowest BCUT2D eigenvalue weighted by atomic mass is 10.1. The zero-order valence-corrected chi connectivity index (χ0v) is 12.7. The SMILES string of the molecule is Cn1c(-c2cc(Br)cc(C(F)(F)F)c2)cc2ccccc21. The van der Waals surface area contributed by atoms with Crippen molar-refractivity contribution in [3.05, 3.63) is 58.6 Å². The summed E-state index contributed by atoms with van der Waals surface area (Å²) in [5, 5.41) is 1.00. The van der Waals surface area contributed by atoms with Crippen molar-refractivity contribution < 1.29 is 13.2 Å². The molecule has 1 aromatic heterocycles. The highest BCUT2D eigenvalue weighted by atomic mass is 79.9. The second-order valence-electron chi connectivity index (χ2n) is 4.87. The Hall–Kier alpha value is -1.75. The van der Waals surface area contributed by atoms with Crippen molar-refractivity contribution in [3.63, 3.8) is 0 Å². The molecule has 0 unspecified atom stereocenters. The van der Waals surface area contributed by atoms with Gasteiger partial charge in [-0.05, 0) is 35.9 Å². The fraction of sp³-hybridized carbons (Fsp3) is 0.125. The number of aromatic nitrogens is 1. The number of hydrogen-bond donors (Lipinski definition) is 0. The molecule has 0 aliphatic heterocycles. The largest absolute Gasteiger partial charge is 0.416 e. The van der Waals surface area contributed by atoms with Gasteiger partial charge in [0, 0.05) is 28.1 Å². The highest BCUT2D eigenvalue weighted by Gasteiger charge is 2.31. The maximum Gasteiger partial charge on any atom is 0.416 e. The Bertz CT molecular complexity index is 818. The Labute approximate surface area is 128 Å². The van der Waals surface area contributed by atoms with Crippen LogP contribution in [-0.4, -0.2) is 4.57 Å². The van der Waals surface area contributed by atoms with E-state index < -0.39 is 11.7 Å². The van der Waals surface area contributed by atoms with Crippen molar-refractivity contribution in [2.24, 2.45) is 7.05 Å². The smallest absolute Gasteiger partial charge is 0.344 e. The van der Waals surface area contributed by atoms with Gasteiger partial charge in [0.2, 0.25) is 0 Å². The van der Waals surface area contributed by atoms with E-state index in [1.807, 2.05) is 41.9 Å². The van der Waals surface area contributed by atoms with Crippen LogP contribution in [-0.2, 0) is 13.2 Å². The molecule has 21 heavy (non-hydrogen) atoms. The molecule has 0 atom stereocenters. The quantitative estimate of drug-likeness (QED) is 0.534. The first-order valence-corrected chi connectivity index (χ1v) is 7.08. The summed E-state index contributed by atoms with van der Waals surface area (Å²) in [4.78, 5) is 0. The van der Waals surface area contributed by atoms with E-state index in [4.69, 9.17) is 0 Å². The van der Waals surface area contributed by atoms with Crippen LogP contribution < -0.4 is 0 Å². The number of hydrogen-bond acceptors (Lipinski definition) is 0. The second-order valence-corrected chi connectivity index (χ2v) is 5.79. The number of rotatable bonds is 1. The summed E-state index contributed by atoms with van der Waals surface area (Å²) in [5.41, 5.74) is 1.62. The molecule has 3 rings (SSSR count). The van der Waals surface area contributed by atoms with Gasteiger partial charge in [-0.25, -0.2) is 0 Å². The van der Waals surface area contributed by atoms with Gasteiger partial charge in [0.05, 0.1) is 5.56 Å². The van der Waals surface area contributed by atoms with E-state index in [1.165, 1.54) is 6.07 Å². The zero-order chi connectivity index (χ0) is 15.2. The van der Waals surface area contributed by atoms with Crippen LogP contribution in [0.1, 0.15) is 5.56 Å². The number of aryl methyl sites for hydroxylation is 1. The summed E-state index contributed by atoms with van der Waals surface area (Å²) in [6.45, 7) is 0. The van der Waals surface area contributed by atoms with E-state index in [-0.39, 0.29) is 0 Å². The van der Waals surface area contributed by atoms with E-state index in [9.17, 15) is 13.2 Å². The van der Waals surface area contributed by atoms with E-state index in [1.54, 1.807) is 6.07 Å². The maximum absolute atomic E-state index is 12.9. The van der Waals surface area contributed by atoms with E-state index in [0.29, 0.717) is 10.0 Å². The van der Waals surface area contributed by atoms with Crippen LogP contribution >= 0.6 is 15.9 Å². The maximum atomic E-state index is 12.9. The van der Waals surface area contributed by atoms with Gasteiger partial charge < -0.3 is 4.57 Å². The predicted octanol–water partition coefficient (Wildman–Crippen LogP) is 5.63. The van der Waals surface area contributed by atoms with Crippen LogP contribution in [0.3, 0.4) is 0 Å². The molecule has 0 saturated heterocycles. The lowest BCUT2D eigenvalue weighted by molar-refractivity contribution is -0.137. The van der Waals surface area contributed by atoms with Crippen LogP contribution in [0.5, 0.6) is 0 Å². The van der Waals surface area contributed by atoms with Crippen molar-refractivity contribution in [2.75, 3.05) is 0 Å². The highest BCUT2D eigenvalue weighted by Crippen LogP contribution is 2.36. The monoisotopic (exact) mass is 353 g/mol. The summed E-state index contributed by atoms with van der Waals surface area (Å²) in [5.74, 6) is 0. The van der Waals surface area contributed by atoms with Gasteiger partial charge >= 0.3 is 6.18 Å². The van der Waals surface area contributed by atoms with Crippen molar-refractivity contribution in [1.82, 2.24) is 4.57 Å². The number of nitrogens with zero attached hydrogens (tertiary/aromatic N) is 1. The number of alkyl halides is 3. The zero-order valence-electron chi connectivity index (χ0n) is 11.1. The standard InChI is InChI=1S/C16H11BrF3N/c1-21-14-5-3-2-4-10(14)8-15(21)11-6-12(16(18,19)20)9-13(17)7-11/h2-9H,1H3. The normalized spacial score (nSPS) is 12.0. The molecule has 2 aromatic carbocycles. The molecule has 5 heteroatoms. The molecule has 3 aromatic rings. The third-order valence-electron chi connectivity index (χ3n) is 3.47. The Morgan fingerprint density at radius 2 is 1.71 bits per heavy atom. The molecule has 0 spiro atoms. The fourth-order valence-electron chi connectivity index (χ4n) is 2.47. The Morgan fingerprint density at radius 3 is 2.38 bits per heavy atom. The van der Waals surface area contributed by atoms with Crippen LogP contribution in [0.25, 0.3) is 22.2 Å². The van der Waals surface area contributed by atoms with Crippen LogP contribution in [0, 0.1) is 0 Å². The van der Waals surface area contributed by atoms with Crippen LogP contribution in [0.2, 0.25) is 0 Å². The molecule has 0 radical (unpaired) electrons. The first-order chi connectivity index (χ1) is 9.86. The Morgan fingerprint density at radius 1 is 1.00 bits per heavy atom. The fourth-order valence-corrected chi connectivity index (χ4v) is 2.96. The molecule has 1 heterocycles. The summed E-state index contributed by atoms with van der Waals surface area (Å²) in [7, 11) is 1.85. The van der Waals surface area contributed by atoms with Crippen molar-refractivity contribution in [1.29, 1.82) is 0 Å². The Kier molecular flexibility index (Phi) is 3.32. The minimum atomic E-state index is -4.36. The third-order valence-corrected chi connectivity index (χ3v) is 3.93. The molecule has 0 N–H and O–H groups in total. The predicted molar refractivity (Wildman–Crippen MR) is 81.1 cm³/mol. The average Bonchev–Trinajstić information content (AvgIpc) is 2.75. The topological polar surface area (TPSA) is 4.93 Å². The third kappa shape index (κ3) is 2.58. The summed E-state index contributed by atoms with van der Waals surface area (Å²) in [6, 6.07) is 13.6. The molecule has 108 valence electrons. The summed E-state index contributed by atoms with van der Waals surface area (Å²) >= 11 is 3.16. The number of para-hydroxylation sites is 1. The molecule has 1 nitrogen and oxygen atoms in total. The minimum Gasteiger partial charge on any atom is -0.344 e. The van der Waals surface area contributed by atoms with E-state index >= 15 is 0 Å². The minimum absolute atomic E-state index is 0.414. The van der Waals surface area contributed by atoms with Gasteiger partial charge in [0.15, 0.2) is 0 Å². The number of halogens is 4. The molecule has 0 bridgehead atoms. The van der Waals surface area contributed by atoms with Crippen molar-refractivity contribution in [2.45, 2.75) is 6.18 Å². The van der Waals surface area contributed by atoms with Gasteiger partial charge in [-0.1, -0.05) is 34.1 Å². The summed E-state index contributed by atoms with van der Waals surface area (Å²) < 4.78 is 41.1. The Balaban J connectivity index is 2.23. The van der Waals surface area contributed by atoms with Gasteiger partial charge in [0.25, 0.3) is 0 Å². The lowest BCUT2D eigenvalue weighted by Gasteiger charge is -2.11. The average molecular weight is 354 g/mol. The summed E-state index contributed by atoms with van der Waals surface area (Å²) in [6.07, 6.45) is -4.36. The van der Waals surface area contributed by atoms with Crippen molar-refractivity contribution in [3.8, 4) is 11.3 Å². The number of benzene rings is 2. The first kappa shape index (κ1) is 14.2. The van der Waals surface area contributed by atoms with Gasteiger partial charge in [0.1, 0.15) is 0 Å². The highest BCUT2D eigenvalue weighted by molar-refractivity contribution is 9.10. The second kappa shape index (κ2) is 4.91. The molecule has 0 saturated carbocycles. The van der Waals surface area contributed by atoms with Crippen molar-refractivity contribution >= 4 is 26.8 Å².